The molecule has 0 spiro atoms. The number of nitrogens with zero attached hydrogens (tertiary/aromatic N) is 2. The molecule has 2 aromatic carbocycles. The molecule has 5 nitrogen and oxygen atoms in total. The van der Waals surface area contributed by atoms with Crippen molar-refractivity contribution in [3.8, 4) is 0 Å². The first-order chi connectivity index (χ1) is 12.2. The summed E-state index contributed by atoms with van der Waals surface area (Å²) in [7, 11) is 1.54. The second-order valence-corrected chi connectivity index (χ2v) is 6.05. The van der Waals surface area contributed by atoms with Gasteiger partial charge in [-0.2, -0.15) is 0 Å². The van der Waals surface area contributed by atoms with Gasteiger partial charge in [0.2, 0.25) is 0 Å². The number of ether oxygens (including phenoxy) is 1. The maximum Gasteiger partial charge on any atom is 0.252 e. The molecule has 0 bridgehead atoms. The maximum absolute atomic E-state index is 12.3. The number of benzene rings is 2. The largest absolute Gasteiger partial charge is 0.375 e. The van der Waals surface area contributed by atoms with Crippen molar-refractivity contribution in [1.29, 1.82) is 0 Å². The highest BCUT2D eigenvalue weighted by Gasteiger charge is 2.17. The summed E-state index contributed by atoms with van der Waals surface area (Å²) in [6.45, 7) is 4.81. The Morgan fingerprint density at radius 1 is 1.32 bits per heavy atom. The molecule has 0 fully saturated rings. The van der Waals surface area contributed by atoms with E-state index in [-0.39, 0.29) is 18.4 Å². The fourth-order valence-corrected chi connectivity index (χ4v) is 3.21. The Morgan fingerprint density at radius 3 is 2.84 bits per heavy atom. The molecule has 3 rings (SSSR count). The number of rotatable bonds is 6. The number of amides is 1. The predicted molar refractivity (Wildman–Crippen MR) is 100.0 cm³/mol. The van der Waals surface area contributed by atoms with Gasteiger partial charge >= 0.3 is 0 Å². The molecule has 0 aliphatic carbocycles. The summed E-state index contributed by atoms with van der Waals surface area (Å²) in [4.78, 5) is 21.4. The van der Waals surface area contributed by atoms with Crippen molar-refractivity contribution in [3.63, 3.8) is 0 Å². The first-order valence-corrected chi connectivity index (χ1v) is 8.46. The molecule has 0 saturated carbocycles. The van der Waals surface area contributed by atoms with Gasteiger partial charge in [0.25, 0.3) is 5.91 Å². The quantitative estimate of drug-likeness (QED) is 0.746. The van der Waals surface area contributed by atoms with Gasteiger partial charge in [-0.15, -0.1) is 0 Å². The van der Waals surface area contributed by atoms with Crippen LogP contribution in [0.3, 0.4) is 0 Å². The van der Waals surface area contributed by atoms with E-state index in [1.807, 2.05) is 19.2 Å². The molecular formula is C20H23N3O2. The Bertz CT molecular complexity index is 859. The van der Waals surface area contributed by atoms with E-state index in [0.29, 0.717) is 6.54 Å². The molecule has 1 aromatic heterocycles. The molecule has 0 radical (unpaired) electrons. The third kappa shape index (κ3) is 3.42. The molecule has 0 aliphatic heterocycles. The fraction of sp³-hybridized carbons (Fsp3) is 0.300. The van der Waals surface area contributed by atoms with Crippen LogP contribution < -0.4 is 4.90 Å². The number of carbonyl (C=O) groups excluding carboxylic acids is 1. The van der Waals surface area contributed by atoms with Crippen molar-refractivity contribution < 1.29 is 9.53 Å². The van der Waals surface area contributed by atoms with Gasteiger partial charge in [-0.25, -0.2) is 4.98 Å². The average molecular weight is 337 g/mol. The fourth-order valence-electron chi connectivity index (χ4n) is 3.21. The van der Waals surface area contributed by atoms with Crippen LogP contribution in [-0.4, -0.2) is 36.1 Å². The van der Waals surface area contributed by atoms with Gasteiger partial charge in [0.05, 0.1) is 6.33 Å². The Hall–Kier alpha value is -2.66. The number of anilines is 1. The number of aromatic amines is 1. The van der Waals surface area contributed by atoms with E-state index >= 15 is 0 Å². The van der Waals surface area contributed by atoms with Crippen LogP contribution in [0.1, 0.15) is 31.0 Å². The summed E-state index contributed by atoms with van der Waals surface area (Å²) in [5, 5.41) is 2.30. The number of hydrogen-bond acceptors (Lipinski definition) is 3. The number of imidazole rings is 1. The molecule has 0 aliphatic rings. The highest BCUT2D eigenvalue weighted by atomic mass is 16.5. The number of H-pyrrole nitrogens is 1. The highest BCUT2D eigenvalue weighted by Crippen LogP contribution is 2.32. The van der Waals surface area contributed by atoms with E-state index in [1.165, 1.54) is 12.7 Å². The van der Waals surface area contributed by atoms with Crippen molar-refractivity contribution in [3.05, 3.63) is 60.2 Å². The molecule has 1 heterocycles. The molecule has 5 heteroatoms. The number of methoxy groups -OCH3 is 1. The Morgan fingerprint density at radius 2 is 2.16 bits per heavy atom. The van der Waals surface area contributed by atoms with Crippen molar-refractivity contribution in [2.45, 2.75) is 19.8 Å². The summed E-state index contributed by atoms with van der Waals surface area (Å²) >= 11 is 0. The zero-order chi connectivity index (χ0) is 17.8. The minimum absolute atomic E-state index is 0.0385. The smallest absolute Gasteiger partial charge is 0.252 e. The van der Waals surface area contributed by atoms with Gasteiger partial charge < -0.3 is 14.6 Å². The third-order valence-electron chi connectivity index (χ3n) is 4.55. The number of nitrogens with one attached hydrogen (secondary N) is 1. The maximum atomic E-state index is 12.3. The van der Waals surface area contributed by atoms with Crippen LogP contribution in [0.4, 0.5) is 5.69 Å². The number of aromatic nitrogens is 2. The van der Waals surface area contributed by atoms with Crippen molar-refractivity contribution in [2.75, 3.05) is 25.2 Å². The van der Waals surface area contributed by atoms with Crippen LogP contribution in [0.15, 0.2) is 48.9 Å². The van der Waals surface area contributed by atoms with Crippen LogP contribution in [0.5, 0.6) is 0 Å². The molecule has 1 atom stereocenters. The first kappa shape index (κ1) is 17.2. The third-order valence-corrected chi connectivity index (χ3v) is 4.55. The molecule has 1 N–H and O–H groups in total. The van der Waals surface area contributed by atoms with Crippen LogP contribution >= 0.6 is 0 Å². The molecule has 0 saturated heterocycles. The van der Waals surface area contributed by atoms with Gasteiger partial charge in [-0.1, -0.05) is 31.2 Å². The Kier molecular flexibility index (Phi) is 5.14. The minimum Gasteiger partial charge on any atom is -0.375 e. The molecule has 1 unspecified atom stereocenters. The number of hydrogen-bond donors (Lipinski definition) is 1. The number of likely N-dealkylation sites (N-methyl/N-ethyl adjacent to an activating group) is 1. The zero-order valence-corrected chi connectivity index (χ0v) is 14.8. The lowest BCUT2D eigenvalue weighted by Crippen LogP contribution is -2.33. The molecule has 25 heavy (non-hydrogen) atoms. The normalized spacial score (nSPS) is 12.3. The average Bonchev–Trinajstić information content (AvgIpc) is 3.16. The van der Waals surface area contributed by atoms with Gasteiger partial charge in [0, 0.05) is 37.2 Å². The van der Waals surface area contributed by atoms with Gasteiger partial charge in [-0.05, 0) is 35.4 Å². The molecular weight excluding hydrogens is 314 g/mol. The lowest BCUT2D eigenvalue weighted by atomic mass is 9.92. The monoisotopic (exact) mass is 337 g/mol. The molecule has 3 aromatic rings. The van der Waals surface area contributed by atoms with E-state index in [1.54, 1.807) is 11.2 Å². The van der Waals surface area contributed by atoms with Crippen LogP contribution in [0.25, 0.3) is 10.8 Å². The van der Waals surface area contributed by atoms with E-state index in [9.17, 15) is 4.79 Å². The summed E-state index contributed by atoms with van der Waals surface area (Å²) in [6, 6.07) is 12.4. The highest BCUT2D eigenvalue weighted by molar-refractivity contribution is 5.98. The van der Waals surface area contributed by atoms with Crippen LogP contribution in [0.2, 0.25) is 0 Å². The van der Waals surface area contributed by atoms with E-state index in [4.69, 9.17) is 4.74 Å². The lowest BCUT2D eigenvalue weighted by Gasteiger charge is -2.22. The van der Waals surface area contributed by atoms with Gasteiger partial charge in [0.15, 0.2) is 0 Å². The number of fused-ring (bicyclic) bond motifs is 1. The standard InChI is InChI=1S/C20H23N3O2/c1-4-23(20(24)12-25-3)16-9-8-15-6-5-7-17(18(15)10-16)14(2)19-11-21-13-22-19/h5-11,13-14H,4,12H2,1-3H3,(H,21,22). The molecule has 1 amide bonds. The van der Waals surface area contributed by atoms with Crippen molar-refractivity contribution in [2.24, 2.45) is 0 Å². The van der Waals surface area contributed by atoms with E-state index in [0.717, 1.165) is 22.2 Å². The Labute approximate surface area is 147 Å². The summed E-state index contributed by atoms with van der Waals surface area (Å²) in [6.07, 6.45) is 3.55. The Balaban J connectivity index is 2.06. The molecule has 130 valence electrons. The minimum atomic E-state index is -0.0385. The lowest BCUT2D eigenvalue weighted by molar-refractivity contribution is -0.122. The van der Waals surface area contributed by atoms with Gasteiger partial charge in [0.1, 0.15) is 6.61 Å². The van der Waals surface area contributed by atoms with E-state index in [2.05, 4.69) is 47.2 Å². The van der Waals surface area contributed by atoms with Crippen molar-refractivity contribution in [1.82, 2.24) is 9.97 Å². The summed E-state index contributed by atoms with van der Waals surface area (Å²) in [5.74, 6) is 0.148. The van der Waals surface area contributed by atoms with Crippen LogP contribution in [-0.2, 0) is 9.53 Å². The summed E-state index contributed by atoms with van der Waals surface area (Å²) < 4.78 is 5.00. The first-order valence-electron chi connectivity index (χ1n) is 8.46. The van der Waals surface area contributed by atoms with Crippen LogP contribution in [0, 0.1) is 0 Å². The zero-order valence-electron chi connectivity index (χ0n) is 14.8. The predicted octanol–water partition coefficient (Wildman–Crippen LogP) is 3.71. The van der Waals surface area contributed by atoms with Gasteiger partial charge in [-0.3, -0.25) is 4.79 Å². The van der Waals surface area contributed by atoms with E-state index < -0.39 is 0 Å². The SMILES string of the molecule is CCN(C(=O)COC)c1ccc2cccc(C(C)c3cnc[nH]3)c2c1. The number of carbonyl (C=O) groups is 1. The van der Waals surface area contributed by atoms with Crippen molar-refractivity contribution >= 4 is 22.4 Å². The second-order valence-electron chi connectivity index (χ2n) is 6.05. The summed E-state index contributed by atoms with van der Waals surface area (Å²) in [5.41, 5.74) is 3.17. The second kappa shape index (κ2) is 7.49. The topological polar surface area (TPSA) is 58.2 Å².